The number of benzene rings is 1. The lowest BCUT2D eigenvalue weighted by Crippen LogP contribution is -3.00. The number of nitrogens with zero attached hydrogens (tertiary/aromatic N) is 2. The van der Waals surface area contributed by atoms with Crippen LogP contribution in [0.15, 0.2) is 30.5 Å². The Balaban J connectivity index is 0.00000432. The van der Waals surface area contributed by atoms with Crippen LogP contribution in [0, 0.1) is 0 Å². The van der Waals surface area contributed by atoms with E-state index < -0.39 is 0 Å². The van der Waals surface area contributed by atoms with Crippen molar-refractivity contribution in [2.45, 2.75) is 91.0 Å². The maximum Gasteiger partial charge on any atom is 0.185 e. The highest BCUT2D eigenvalue weighted by molar-refractivity contribution is 6.30. The Morgan fingerprint density at radius 3 is 2.29 bits per heavy atom. The number of aromatic nitrogens is 1. The van der Waals surface area contributed by atoms with Gasteiger partial charge in [0.1, 0.15) is 12.2 Å². The molecule has 0 saturated heterocycles. The van der Waals surface area contributed by atoms with Gasteiger partial charge in [-0.05, 0) is 37.6 Å². The van der Waals surface area contributed by atoms with Crippen molar-refractivity contribution in [1.82, 2.24) is 4.98 Å². The zero-order valence-corrected chi connectivity index (χ0v) is 24.7. The van der Waals surface area contributed by atoms with Crippen LogP contribution in [0.25, 0.3) is 0 Å². The maximum absolute atomic E-state index is 6.06. The van der Waals surface area contributed by atoms with E-state index in [1.54, 1.807) is 13.3 Å². The third-order valence-electron chi connectivity index (χ3n) is 6.72. The van der Waals surface area contributed by atoms with Gasteiger partial charge in [0, 0.05) is 30.2 Å². The first-order chi connectivity index (χ1) is 16.7. The summed E-state index contributed by atoms with van der Waals surface area (Å²) in [6.07, 6.45) is 15.8. The standard InChI is InChI=1S/C29H42ClN2O2.HI/c1-4-6-7-8-9-10-11-12-13-14-27-25-17-18-28(33-3)29(34-5-2)26(25)19-20-32(27)22-24-16-15-23(30)21-31-24;/h15-18,21H,4-14,19-20,22H2,1-3H3;1H/q+1;/p-1. The molecule has 0 saturated carbocycles. The molecule has 2 aromatic rings. The van der Waals surface area contributed by atoms with Crippen LogP contribution in [0.3, 0.4) is 0 Å². The lowest BCUT2D eigenvalue weighted by atomic mass is 9.92. The van der Waals surface area contributed by atoms with Crippen molar-refractivity contribution in [2.75, 3.05) is 20.3 Å². The molecule has 0 amide bonds. The van der Waals surface area contributed by atoms with E-state index in [1.807, 2.05) is 19.1 Å². The Hall–Kier alpha value is -1.34. The van der Waals surface area contributed by atoms with Crippen LogP contribution in [0.5, 0.6) is 11.5 Å². The third-order valence-corrected chi connectivity index (χ3v) is 6.94. The third kappa shape index (κ3) is 8.92. The molecule has 1 aliphatic heterocycles. The summed E-state index contributed by atoms with van der Waals surface area (Å²) in [5.74, 6) is 1.74. The molecule has 1 aromatic carbocycles. The fraction of sp³-hybridized carbons (Fsp3) is 0.586. The molecular weight excluding hydrogens is 571 g/mol. The minimum atomic E-state index is 0. The molecule has 0 fully saturated rings. The minimum Gasteiger partial charge on any atom is -1.00 e. The first-order valence-corrected chi connectivity index (χ1v) is 13.6. The molecule has 0 atom stereocenters. The summed E-state index contributed by atoms with van der Waals surface area (Å²) in [4.78, 5) is 4.56. The monoisotopic (exact) mass is 612 g/mol. The average molecular weight is 613 g/mol. The van der Waals surface area contributed by atoms with Crippen LogP contribution < -0.4 is 33.5 Å². The van der Waals surface area contributed by atoms with Gasteiger partial charge in [-0.15, -0.1) is 0 Å². The number of unbranched alkanes of at least 4 members (excludes halogenated alkanes) is 8. The highest BCUT2D eigenvalue weighted by atomic mass is 127. The minimum absolute atomic E-state index is 0. The zero-order valence-electron chi connectivity index (χ0n) is 21.8. The van der Waals surface area contributed by atoms with Crippen molar-refractivity contribution in [1.29, 1.82) is 0 Å². The Bertz CT molecular complexity index is 931. The van der Waals surface area contributed by atoms with E-state index in [0.29, 0.717) is 11.6 Å². The Morgan fingerprint density at radius 1 is 0.943 bits per heavy atom. The first-order valence-electron chi connectivity index (χ1n) is 13.2. The molecule has 35 heavy (non-hydrogen) atoms. The number of methoxy groups -OCH3 is 1. The molecule has 1 aromatic heterocycles. The molecule has 0 aliphatic carbocycles. The van der Waals surface area contributed by atoms with Crippen LogP contribution in [-0.2, 0) is 13.0 Å². The largest absolute Gasteiger partial charge is 1.00 e. The first kappa shape index (κ1) is 29.9. The van der Waals surface area contributed by atoms with Crippen molar-refractivity contribution in [3.8, 4) is 11.5 Å². The molecule has 0 N–H and O–H groups in total. The molecule has 0 unspecified atom stereocenters. The Labute approximate surface area is 234 Å². The van der Waals surface area contributed by atoms with Crippen LogP contribution in [0.4, 0.5) is 0 Å². The smallest absolute Gasteiger partial charge is 0.185 e. The molecule has 1 aliphatic rings. The van der Waals surface area contributed by atoms with E-state index in [0.717, 1.165) is 43.1 Å². The Morgan fingerprint density at radius 2 is 1.66 bits per heavy atom. The van der Waals surface area contributed by atoms with Gasteiger partial charge in [0.2, 0.25) is 0 Å². The second-order valence-electron chi connectivity index (χ2n) is 9.22. The van der Waals surface area contributed by atoms with Gasteiger partial charge >= 0.3 is 0 Å². The summed E-state index contributed by atoms with van der Waals surface area (Å²) >= 11 is 6.06. The quantitative estimate of drug-likeness (QED) is 0.167. The van der Waals surface area contributed by atoms with E-state index in [2.05, 4.69) is 28.6 Å². The summed E-state index contributed by atoms with van der Waals surface area (Å²) in [7, 11) is 1.72. The van der Waals surface area contributed by atoms with Gasteiger partial charge in [-0.3, -0.25) is 4.98 Å². The second-order valence-corrected chi connectivity index (χ2v) is 9.66. The molecule has 194 valence electrons. The highest BCUT2D eigenvalue weighted by Crippen LogP contribution is 2.36. The van der Waals surface area contributed by atoms with E-state index in [1.165, 1.54) is 74.6 Å². The van der Waals surface area contributed by atoms with Crippen LogP contribution >= 0.6 is 11.6 Å². The molecular formula is C29H42ClIN2O2. The fourth-order valence-corrected chi connectivity index (χ4v) is 5.02. The van der Waals surface area contributed by atoms with E-state index in [4.69, 9.17) is 21.1 Å². The van der Waals surface area contributed by atoms with Crippen molar-refractivity contribution in [3.63, 3.8) is 0 Å². The van der Waals surface area contributed by atoms with Crippen molar-refractivity contribution in [3.05, 3.63) is 52.3 Å². The lowest BCUT2D eigenvalue weighted by molar-refractivity contribution is -0.546. The normalized spacial score (nSPS) is 12.8. The number of pyridine rings is 1. The second kappa shape index (κ2) is 16.4. The number of ether oxygens (including phenoxy) is 2. The number of fused-ring (bicyclic) bond motifs is 1. The van der Waals surface area contributed by atoms with Gasteiger partial charge in [-0.2, -0.15) is 0 Å². The summed E-state index contributed by atoms with van der Waals surface area (Å²) in [5.41, 5.74) is 5.05. The fourth-order valence-electron chi connectivity index (χ4n) is 4.91. The van der Waals surface area contributed by atoms with Crippen molar-refractivity contribution in [2.24, 2.45) is 0 Å². The van der Waals surface area contributed by atoms with Crippen LogP contribution in [-0.4, -0.2) is 35.5 Å². The lowest BCUT2D eigenvalue weighted by Gasteiger charge is -2.22. The van der Waals surface area contributed by atoms with Gasteiger partial charge < -0.3 is 33.5 Å². The number of rotatable bonds is 15. The van der Waals surface area contributed by atoms with Crippen molar-refractivity contribution >= 4 is 17.3 Å². The van der Waals surface area contributed by atoms with Gasteiger partial charge in [-0.25, -0.2) is 4.58 Å². The summed E-state index contributed by atoms with van der Waals surface area (Å²) in [5, 5.41) is 0.681. The van der Waals surface area contributed by atoms with Crippen molar-refractivity contribution < 1.29 is 38.0 Å². The predicted molar refractivity (Wildman–Crippen MR) is 142 cm³/mol. The predicted octanol–water partition coefficient (Wildman–Crippen LogP) is 4.63. The molecule has 6 heteroatoms. The maximum atomic E-state index is 6.06. The molecule has 4 nitrogen and oxygen atoms in total. The van der Waals surface area contributed by atoms with Crippen LogP contribution in [0.1, 0.15) is 94.9 Å². The van der Waals surface area contributed by atoms with Gasteiger partial charge in [0.05, 0.1) is 18.7 Å². The van der Waals surface area contributed by atoms with E-state index in [-0.39, 0.29) is 24.0 Å². The highest BCUT2D eigenvalue weighted by Gasteiger charge is 2.29. The van der Waals surface area contributed by atoms with Gasteiger partial charge in [0.15, 0.2) is 23.8 Å². The number of hydrogen-bond acceptors (Lipinski definition) is 3. The molecule has 0 bridgehead atoms. The van der Waals surface area contributed by atoms with E-state index >= 15 is 0 Å². The van der Waals surface area contributed by atoms with E-state index in [9.17, 15) is 0 Å². The zero-order chi connectivity index (χ0) is 24.2. The summed E-state index contributed by atoms with van der Waals surface area (Å²) in [6, 6.07) is 8.25. The van der Waals surface area contributed by atoms with Gasteiger partial charge in [0.25, 0.3) is 0 Å². The Kier molecular flexibility index (Phi) is 14.0. The average Bonchev–Trinajstić information content (AvgIpc) is 2.85. The molecule has 2 heterocycles. The summed E-state index contributed by atoms with van der Waals surface area (Å²) < 4.78 is 14.2. The molecule has 3 rings (SSSR count). The van der Waals surface area contributed by atoms with Crippen LogP contribution in [0.2, 0.25) is 5.02 Å². The SMILES string of the molecule is CCCCCCCCCCCC1=[N+](Cc2ccc(Cl)cn2)CCc2c1ccc(OC)c2OCC.[I-]. The molecule has 0 radical (unpaired) electrons. The molecule has 0 spiro atoms. The number of halogens is 2. The summed E-state index contributed by atoms with van der Waals surface area (Å²) in [6.45, 7) is 6.71. The van der Waals surface area contributed by atoms with Gasteiger partial charge in [-0.1, -0.05) is 69.9 Å². The number of hydrogen-bond donors (Lipinski definition) is 0. The topological polar surface area (TPSA) is 34.4 Å².